The summed E-state index contributed by atoms with van der Waals surface area (Å²) in [6.07, 6.45) is 0.421. The molecule has 0 radical (unpaired) electrons. The molecule has 1 aromatic rings. The second-order valence-corrected chi connectivity index (χ2v) is 4.74. The first-order valence-corrected chi connectivity index (χ1v) is 5.70. The fourth-order valence-electron chi connectivity index (χ4n) is 2.03. The highest BCUT2D eigenvalue weighted by molar-refractivity contribution is 5.99. The van der Waals surface area contributed by atoms with Gasteiger partial charge in [0.1, 0.15) is 0 Å². The molecule has 1 rings (SSSR count). The van der Waals surface area contributed by atoms with Crippen LogP contribution in [0.15, 0.2) is 6.07 Å². The molecule has 0 bridgehead atoms. The molecular weight excluding hydrogens is 198 g/mol. The quantitative estimate of drug-likeness (QED) is 0.794. The highest BCUT2D eigenvalue weighted by Gasteiger charge is 2.16. The molecule has 1 atom stereocenters. The molecule has 2 N–H and O–H groups in total. The van der Waals surface area contributed by atoms with Crippen LogP contribution in [0.1, 0.15) is 46.0 Å². The van der Waals surface area contributed by atoms with Crippen LogP contribution in [0, 0.1) is 27.7 Å². The summed E-state index contributed by atoms with van der Waals surface area (Å²) in [6, 6.07) is 2.06. The number of hydrogen-bond donors (Lipinski definition) is 1. The van der Waals surface area contributed by atoms with Gasteiger partial charge in [-0.3, -0.25) is 4.79 Å². The first-order valence-electron chi connectivity index (χ1n) is 5.70. The van der Waals surface area contributed by atoms with Crippen molar-refractivity contribution in [3.8, 4) is 0 Å². The number of benzene rings is 1. The number of rotatable bonds is 3. The van der Waals surface area contributed by atoms with Crippen molar-refractivity contribution in [3.05, 3.63) is 33.9 Å². The van der Waals surface area contributed by atoms with Crippen molar-refractivity contribution in [3.63, 3.8) is 0 Å². The Hall–Kier alpha value is -1.15. The van der Waals surface area contributed by atoms with Crippen LogP contribution in [0.3, 0.4) is 0 Å². The van der Waals surface area contributed by atoms with Crippen LogP contribution in [0.5, 0.6) is 0 Å². The maximum absolute atomic E-state index is 12.1. The van der Waals surface area contributed by atoms with Gasteiger partial charge < -0.3 is 5.73 Å². The number of carbonyl (C=O) groups excluding carboxylic acids is 1. The van der Waals surface area contributed by atoms with E-state index in [1.54, 1.807) is 0 Å². The Bertz CT molecular complexity index is 393. The molecule has 2 nitrogen and oxygen atoms in total. The van der Waals surface area contributed by atoms with Gasteiger partial charge in [0.15, 0.2) is 5.78 Å². The Balaban J connectivity index is 3.27. The van der Waals surface area contributed by atoms with E-state index in [2.05, 4.69) is 6.07 Å². The highest BCUT2D eigenvalue weighted by Crippen LogP contribution is 2.23. The number of carbonyl (C=O) groups is 1. The molecule has 16 heavy (non-hydrogen) atoms. The second-order valence-electron chi connectivity index (χ2n) is 4.74. The lowest BCUT2D eigenvalue weighted by molar-refractivity contribution is 0.0975. The van der Waals surface area contributed by atoms with Crippen molar-refractivity contribution in [2.45, 2.75) is 47.1 Å². The van der Waals surface area contributed by atoms with E-state index in [1.807, 2.05) is 34.6 Å². The SMILES string of the molecule is Cc1cc(C)c(C)c(C(=O)CC(C)N)c1C. The van der Waals surface area contributed by atoms with E-state index in [1.165, 1.54) is 11.1 Å². The van der Waals surface area contributed by atoms with Crippen molar-refractivity contribution < 1.29 is 4.79 Å². The molecule has 2 heteroatoms. The molecule has 1 unspecified atom stereocenters. The average molecular weight is 219 g/mol. The minimum Gasteiger partial charge on any atom is -0.328 e. The third kappa shape index (κ3) is 2.50. The van der Waals surface area contributed by atoms with Crippen LogP contribution in [0.25, 0.3) is 0 Å². The number of hydrogen-bond acceptors (Lipinski definition) is 2. The number of aryl methyl sites for hydroxylation is 2. The van der Waals surface area contributed by atoms with Gasteiger partial charge in [0.25, 0.3) is 0 Å². The van der Waals surface area contributed by atoms with Gasteiger partial charge in [-0.05, 0) is 56.9 Å². The summed E-state index contributed by atoms with van der Waals surface area (Å²) in [4.78, 5) is 12.1. The third-order valence-electron chi connectivity index (χ3n) is 3.15. The Morgan fingerprint density at radius 2 is 1.62 bits per heavy atom. The van der Waals surface area contributed by atoms with Crippen LogP contribution >= 0.6 is 0 Å². The van der Waals surface area contributed by atoms with Crippen molar-refractivity contribution in [1.82, 2.24) is 0 Å². The lowest BCUT2D eigenvalue weighted by Gasteiger charge is -2.15. The highest BCUT2D eigenvalue weighted by atomic mass is 16.1. The van der Waals surface area contributed by atoms with Gasteiger partial charge in [-0.1, -0.05) is 6.07 Å². The van der Waals surface area contributed by atoms with Gasteiger partial charge in [0.05, 0.1) is 0 Å². The van der Waals surface area contributed by atoms with Crippen molar-refractivity contribution in [2.75, 3.05) is 0 Å². The molecule has 1 aromatic carbocycles. The van der Waals surface area contributed by atoms with Crippen molar-refractivity contribution in [2.24, 2.45) is 5.73 Å². The summed E-state index contributed by atoms with van der Waals surface area (Å²) in [5.74, 6) is 0.164. The molecule has 88 valence electrons. The van der Waals surface area contributed by atoms with E-state index in [4.69, 9.17) is 5.73 Å². The standard InChI is InChI=1S/C14H21NO/c1-8-6-9(2)12(5)14(11(8)4)13(16)7-10(3)15/h6,10H,7,15H2,1-5H3. The Kier molecular flexibility index (Phi) is 3.87. The van der Waals surface area contributed by atoms with Crippen LogP contribution in [0.2, 0.25) is 0 Å². The van der Waals surface area contributed by atoms with E-state index >= 15 is 0 Å². The normalized spacial score (nSPS) is 12.6. The fourth-order valence-corrected chi connectivity index (χ4v) is 2.03. The minimum atomic E-state index is -0.0767. The molecule has 0 saturated heterocycles. The van der Waals surface area contributed by atoms with E-state index in [9.17, 15) is 4.79 Å². The Morgan fingerprint density at radius 1 is 1.19 bits per heavy atom. The van der Waals surface area contributed by atoms with E-state index in [0.717, 1.165) is 16.7 Å². The first kappa shape index (κ1) is 12.9. The van der Waals surface area contributed by atoms with Gasteiger partial charge in [-0.15, -0.1) is 0 Å². The van der Waals surface area contributed by atoms with Crippen LogP contribution in [-0.2, 0) is 0 Å². The lowest BCUT2D eigenvalue weighted by atomic mass is 9.90. The molecule has 0 aliphatic heterocycles. The first-order chi connectivity index (χ1) is 7.34. The predicted octanol–water partition coefficient (Wildman–Crippen LogP) is 2.84. The van der Waals surface area contributed by atoms with Gasteiger partial charge in [-0.2, -0.15) is 0 Å². The smallest absolute Gasteiger partial charge is 0.164 e. The van der Waals surface area contributed by atoms with Gasteiger partial charge in [-0.25, -0.2) is 0 Å². The van der Waals surface area contributed by atoms with Crippen LogP contribution in [-0.4, -0.2) is 11.8 Å². The zero-order valence-electron chi connectivity index (χ0n) is 10.8. The summed E-state index contributed by atoms with van der Waals surface area (Å²) in [6.45, 7) is 9.98. The van der Waals surface area contributed by atoms with Crippen LogP contribution in [0.4, 0.5) is 0 Å². The van der Waals surface area contributed by atoms with Crippen molar-refractivity contribution in [1.29, 1.82) is 0 Å². The van der Waals surface area contributed by atoms with Crippen molar-refractivity contribution >= 4 is 5.78 Å². The minimum absolute atomic E-state index is 0.0767. The topological polar surface area (TPSA) is 43.1 Å². The molecule has 0 aliphatic rings. The third-order valence-corrected chi connectivity index (χ3v) is 3.15. The zero-order chi connectivity index (χ0) is 12.5. The number of nitrogens with two attached hydrogens (primary N) is 1. The number of Topliss-reactive ketones (excluding diaryl/α,β-unsaturated/α-hetero) is 1. The van der Waals surface area contributed by atoms with E-state index in [-0.39, 0.29) is 11.8 Å². The molecule has 0 aliphatic carbocycles. The monoisotopic (exact) mass is 219 g/mol. The second kappa shape index (κ2) is 4.79. The number of ketones is 1. The summed E-state index contributed by atoms with van der Waals surface area (Å²) < 4.78 is 0. The fraction of sp³-hybridized carbons (Fsp3) is 0.500. The average Bonchev–Trinajstić information content (AvgIpc) is 2.14. The largest absolute Gasteiger partial charge is 0.328 e. The molecule has 0 amide bonds. The van der Waals surface area contributed by atoms with E-state index in [0.29, 0.717) is 6.42 Å². The molecule has 0 spiro atoms. The Morgan fingerprint density at radius 3 is 2.00 bits per heavy atom. The molecule has 0 aromatic heterocycles. The van der Waals surface area contributed by atoms with Crippen LogP contribution < -0.4 is 5.73 Å². The summed E-state index contributed by atoms with van der Waals surface area (Å²) in [5, 5.41) is 0. The lowest BCUT2D eigenvalue weighted by Crippen LogP contribution is -2.21. The molecule has 0 heterocycles. The summed E-state index contributed by atoms with van der Waals surface area (Å²) in [7, 11) is 0. The summed E-state index contributed by atoms with van der Waals surface area (Å²) in [5.41, 5.74) is 11.1. The van der Waals surface area contributed by atoms with E-state index < -0.39 is 0 Å². The molecular formula is C14H21NO. The molecule has 0 saturated carbocycles. The molecule has 0 fully saturated rings. The summed E-state index contributed by atoms with van der Waals surface area (Å²) >= 11 is 0. The Labute approximate surface area is 97.9 Å². The predicted molar refractivity (Wildman–Crippen MR) is 68.0 cm³/mol. The zero-order valence-corrected chi connectivity index (χ0v) is 10.8. The van der Waals surface area contributed by atoms with Gasteiger partial charge in [0.2, 0.25) is 0 Å². The van der Waals surface area contributed by atoms with Gasteiger partial charge in [0, 0.05) is 18.0 Å². The maximum Gasteiger partial charge on any atom is 0.164 e. The maximum atomic E-state index is 12.1. The van der Waals surface area contributed by atoms with Gasteiger partial charge >= 0.3 is 0 Å².